The first-order valence-electron chi connectivity index (χ1n) is 8.63. The number of carboxylic acid groups (broad SMARTS) is 1. The van der Waals surface area contributed by atoms with E-state index >= 15 is 0 Å². The number of piperidine rings is 1. The van der Waals surface area contributed by atoms with Crippen LogP contribution in [-0.2, 0) is 9.59 Å². The highest BCUT2D eigenvalue weighted by Gasteiger charge is 2.24. The van der Waals surface area contributed by atoms with Crippen LogP contribution in [0.25, 0.3) is 0 Å². The van der Waals surface area contributed by atoms with Gasteiger partial charge in [-0.05, 0) is 32.0 Å². The average molecular weight is 386 g/mol. The quantitative estimate of drug-likeness (QED) is 0.619. The molecule has 0 atom stereocenters. The van der Waals surface area contributed by atoms with Crippen molar-refractivity contribution in [1.29, 1.82) is 0 Å². The van der Waals surface area contributed by atoms with E-state index in [1.807, 2.05) is 42.3 Å². The molecule has 1 saturated heterocycles. The molecule has 1 amide bonds. The summed E-state index contributed by atoms with van der Waals surface area (Å²) in [5.41, 5.74) is 0. The van der Waals surface area contributed by atoms with Crippen molar-refractivity contribution in [3.8, 4) is 5.75 Å². The molecular weight excluding hydrogens is 358 g/mol. The number of halogens is 1. The van der Waals surface area contributed by atoms with Crippen LogP contribution in [0.4, 0.5) is 0 Å². The fourth-order valence-corrected chi connectivity index (χ4v) is 3.00. The van der Waals surface area contributed by atoms with Crippen LogP contribution in [0, 0.1) is 0 Å². The summed E-state index contributed by atoms with van der Waals surface area (Å²) in [7, 11) is 1.84. The zero-order valence-corrected chi connectivity index (χ0v) is 15.9. The number of amides is 1. The first-order valence-corrected chi connectivity index (χ1v) is 8.63. The summed E-state index contributed by atoms with van der Waals surface area (Å²) in [4.78, 5) is 26.7. The molecule has 1 fully saturated rings. The second-order valence-corrected chi connectivity index (χ2v) is 6.33. The second kappa shape index (κ2) is 11.7. The Labute approximate surface area is 160 Å². The van der Waals surface area contributed by atoms with Crippen molar-refractivity contribution >= 4 is 24.3 Å². The molecule has 0 spiro atoms. The van der Waals surface area contributed by atoms with E-state index in [9.17, 15) is 9.59 Å². The maximum absolute atomic E-state index is 12.0. The van der Waals surface area contributed by atoms with E-state index in [-0.39, 0.29) is 30.9 Å². The normalized spacial score (nSPS) is 15.3. The Kier molecular flexibility index (Phi) is 10.0. The van der Waals surface area contributed by atoms with Crippen molar-refractivity contribution in [2.45, 2.75) is 18.9 Å². The molecular formula is C18H28ClN3O4. The molecule has 8 heteroatoms. The minimum Gasteiger partial charge on any atom is -0.492 e. The fourth-order valence-electron chi connectivity index (χ4n) is 3.00. The van der Waals surface area contributed by atoms with Gasteiger partial charge in [-0.25, -0.2) is 0 Å². The molecule has 26 heavy (non-hydrogen) atoms. The van der Waals surface area contributed by atoms with Gasteiger partial charge in [0.2, 0.25) is 5.91 Å². The number of hydrogen-bond donors (Lipinski definition) is 2. The Morgan fingerprint density at radius 3 is 2.54 bits per heavy atom. The molecule has 0 saturated carbocycles. The van der Waals surface area contributed by atoms with E-state index in [1.54, 1.807) is 0 Å². The van der Waals surface area contributed by atoms with Gasteiger partial charge >= 0.3 is 5.97 Å². The van der Waals surface area contributed by atoms with Gasteiger partial charge in [0.25, 0.3) is 0 Å². The number of carboxylic acids is 1. The van der Waals surface area contributed by atoms with Gasteiger partial charge in [-0.3, -0.25) is 19.4 Å². The Morgan fingerprint density at radius 1 is 1.27 bits per heavy atom. The maximum Gasteiger partial charge on any atom is 0.317 e. The molecule has 0 radical (unpaired) electrons. The zero-order valence-electron chi connectivity index (χ0n) is 15.1. The largest absolute Gasteiger partial charge is 0.492 e. The van der Waals surface area contributed by atoms with Crippen molar-refractivity contribution in [2.24, 2.45) is 0 Å². The van der Waals surface area contributed by atoms with Gasteiger partial charge < -0.3 is 15.2 Å². The highest BCUT2D eigenvalue weighted by Crippen LogP contribution is 2.14. The van der Waals surface area contributed by atoms with Crippen LogP contribution in [0.2, 0.25) is 0 Å². The predicted octanol–water partition coefficient (Wildman–Crippen LogP) is 1.08. The van der Waals surface area contributed by atoms with E-state index in [1.165, 1.54) is 0 Å². The van der Waals surface area contributed by atoms with Crippen LogP contribution >= 0.6 is 12.4 Å². The SMILES string of the molecule is CN(CC(=O)O)C1CCN(CC(=O)NCCOc2ccccc2)CC1.Cl. The molecule has 1 aromatic carbocycles. The van der Waals surface area contributed by atoms with Crippen molar-refractivity contribution < 1.29 is 19.4 Å². The van der Waals surface area contributed by atoms with E-state index < -0.39 is 5.97 Å². The Balaban J connectivity index is 0.00000338. The summed E-state index contributed by atoms with van der Waals surface area (Å²) in [5, 5.41) is 11.7. The average Bonchev–Trinajstić information content (AvgIpc) is 2.60. The molecule has 0 aliphatic carbocycles. The molecule has 0 aromatic heterocycles. The van der Waals surface area contributed by atoms with Crippen LogP contribution in [-0.4, -0.2) is 79.2 Å². The van der Waals surface area contributed by atoms with Crippen LogP contribution in [0.5, 0.6) is 5.75 Å². The van der Waals surface area contributed by atoms with Gasteiger partial charge in [-0.15, -0.1) is 12.4 Å². The highest BCUT2D eigenvalue weighted by atomic mass is 35.5. The van der Waals surface area contributed by atoms with Crippen LogP contribution < -0.4 is 10.1 Å². The van der Waals surface area contributed by atoms with Gasteiger partial charge in [0.1, 0.15) is 12.4 Å². The van der Waals surface area contributed by atoms with E-state index in [0.29, 0.717) is 19.7 Å². The summed E-state index contributed by atoms with van der Waals surface area (Å²) in [6.07, 6.45) is 1.77. The lowest BCUT2D eigenvalue weighted by molar-refractivity contribution is -0.138. The number of likely N-dealkylation sites (N-methyl/N-ethyl adjacent to an activating group) is 1. The third-order valence-corrected chi connectivity index (χ3v) is 4.37. The minimum atomic E-state index is -0.804. The van der Waals surface area contributed by atoms with Gasteiger partial charge in [-0.2, -0.15) is 0 Å². The third-order valence-electron chi connectivity index (χ3n) is 4.37. The number of nitrogens with zero attached hydrogens (tertiary/aromatic N) is 2. The van der Waals surface area contributed by atoms with Crippen molar-refractivity contribution in [1.82, 2.24) is 15.1 Å². The summed E-state index contributed by atoms with van der Waals surface area (Å²) < 4.78 is 5.54. The molecule has 1 heterocycles. The molecule has 0 unspecified atom stereocenters. The standard InChI is InChI=1S/C18H27N3O4.ClH/c1-20(14-18(23)24)15-7-10-21(11-8-15)13-17(22)19-9-12-25-16-5-3-2-4-6-16;/h2-6,15H,7-14H2,1H3,(H,19,22)(H,23,24);1H. The number of ether oxygens (including phenoxy) is 1. The third kappa shape index (κ3) is 8.03. The lowest BCUT2D eigenvalue weighted by atomic mass is 10.0. The number of carbonyl (C=O) groups excluding carboxylic acids is 1. The smallest absolute Gasteiger partial charge is 0.317 e. The number of hydrogen-bond acceptors (Lipinski definition) is 5. The van der Waals surface area contributed by atoms with E-state index in [2.05, 4.69) is 10.2 Å². The Hall–Kier alpha value is -1.83. The number of aliphatic carboxylic acids is 1. The Bertz CT molecular complexity index is 551. The van der Waals surface area contributed by atoms with Crippen LogP contribution in [0.3, 0.4) is 0 Å². The van der Waals surface area contributed by atoms with Gasteiger partial charge in [-0.1, -0.05) is 18.2 Å². The van der Waals surface area contributed by atoms with Gasteiger partial charge in [0.15, 0.2) is 0 Å². The first kappa shape index (κ1) is 22.2. The number of nitrogens with one attached hydrogen (secondary N) is 1. The van der Waals surface area contributed by atoms with Crippen LogP contribution in [0.1, 0.15) is 12.8 Å². The molecule has 2 rings (SSSR count). The Morgan fingerprint density at radius 2 is 1.92 bits per heavy atom. The molecule has 1 aromatic rings. The molecule has 146 valence electrons. The lowest BCUT2D eigenvalue weighted by Gasteiger charge is -2.35. The van der Waals surface area contributed by atoms with E-state index in [0.717, 1.165) is 31.7 Å². The molecule has 7 nitrogen and oxygen atoms in total. The molecule has 1 aliphatic heterocycles. The summed E-state index contributed by atoms with van der Waals surface area (Å²) in [6.45, 7) is 2.97. The monoisotopic (exact) mass is 385 g/mol. The lowest BCUT2D eigenvalue weighted by Crippen LogP contribution is -2.47. The molecule has 1 aliphatic rings. The predicted molar refractivity (Wildman–Crippen MR) is 102 cm³/mol. The maximum atomic E-state index is 12.0. The van der Waals surface area contributed by atoms with Gasteiger partial charge in [0, 0.05) is 19.1 Å². The minimum absolute atomic E-state index is 0. The van der Waals surface area contributed by atoms with Crippen LogP contribution in [0.15, 0.2) is 30.3 Å². The fraction of sp³-hybridized carbons (Fsp3) is 0.556. The summed E-state index contributed by atoms with van der Waals surface area (Å²) >= 11 is 0. The number of rotatable bonds is 9. The first-order chi connectivity index (χ1) is 12.0. The number of benzene rings is 1. The summed E-state index contributed by atoms with van der Waals surface area (Å²) in [6, 6.07) is 9.78. The zero-order chi connectivity index (χ0) is 18.1. The van der Waals surface area contributed by atoms with Crippen molar-refractivity contribution in [3.05, 3.63) is 30.3 Å². The van der Waals surface area contributed by atoms with Crippen molar-refractivity contribution in [3.63, 3.8) is 0 Å². The number of para-hydroxylation sites is 1. The summed E-state index contributed by atoms with van der Waals surface area (Å²) in [5.74, 6) is -0.0136. The highest BCUT2D eigenvalue weighted by molar-refractivity contribution is 5.85. The van der Waals surface area contributed by atoms with E-state index in [4.69, 9.17) is 9.84 Å². The second-order valence-electron chi connectivity index (χ2n) is 6.33. The topological polar surface area (TPSA) is 82.1 Å². The number of likely N-dealkylation sites (tertiary alicyclic amines) is 1. The number of carbonyl (C=O) groups is 2. The molecule has 0 bridgehead atoms. The van der Waals surface area contributed by atoms with Crippen molar-refractivity contribution in [2.75, 3.05) is 46.4 Å². The van der Waals surface area contributed by atoms with Gasteiger partial charge in [0.05, 0.1) is 19.6 Å². The molecule has 2 N–H and O–H groups in total.